The highest BCUT2D eigenvalue weighted by molar-refractivity contribution is 4.86. The number of piperidine rings is 1. The third-order valence-electron chi connectivity index (χ3n) is 4.76. The van der Waals surface area contributed by atoms with E-state index in [1.807, 2.05) is 4.90 Å². The molecule has 2 nitrogen and oxygen atoms in total. The smallest absolute Gasteiger partial charge is 0.327 e. The fourth-order valence-corrected chi connectivity index (χ4v) is 3.55. The summed E-state index contributed by atoms with van der Waals surface area (Å²) in [6.45, 7) is 3.93. The number of hydrogen-bond donors (Lipinski definition) is 1. The number of nitrogens with zero attached hydrogens (tertiary/aromatic N) is 1. The monoisotopic (exact) mass is 278 g/mol. The average Bonchev–Trinajstić information content (AvgIpc) is 2.33. The largest absolute Gasteiger partial charge is 0.393 e. The van der Waals surface area contributed by atoms with Crippen LogP contribution in [0.1, 0.15) is 39.0 Å². The molecule has 1 saturated heterocycles. The second-order valence-electron chi connectivity index (χ2n) is 6.48. The molecule has 1 aliphatic heterocycles. The minimum Gasteiger partial charge on any atom is -0.327 e. The molecular formula is C14H25F3N2. The molecule has 4 atom stereocenters. The molecule has 2 fully saturated rings. The fourth-order valence-electron chi connectivity index (χ4n) is 3.55. The molecular weight excluding hydrogens is 253 g/mol. The first-order valence-corrected chi connectivity index (χ1v) is 7.41. The van der Waals surface area contributed by atoms with E-state index in [2.05, 4.69) is 6.92 Å². The van der Waals surface area contributed by atoms with Crippen molar-refractivity contribution in [2.75, 3.05) is 19.6 Å². The predicted molar refractivity (Wildman–Crippen MR) is 69.7 cm³/mol. The Morgan fingerprint density at radius 1 is 1.21 bits per heavy atom. The molecule has 1 aliphatic carbocycles. The zero-order chi connectivity index (χ0) is 14.0. The van der Waals surface area contributed by atoms with E-state index in [4.69, 9.17) is 5.73 Å². The topological polar surface area (TPSA) is 29.3 Å². The average molecular weight is 278 g/mol. The van der Waals surface area contributed by atoms with E-state index in [9.17, 15) is 13.2 Å². The van der Waals surface area contributed by atoms with Gasteiger partial charge in [0.05, 0.1) is 5.92 Å². The van der Waals surface area contributed by atoms with Gasteiger partial charge in [-0.15, -0.1) is 0 Å². The van der Waals surface area contributed by atoms with Gasteiger partial charge in [-0.1, -0.05) is 6.92 Å². The van der Waals surface area contributed by atoms with Crippen LogP contribution in [-0.2, 0) is 0 Å². The fraction of sp³-hybridized carbons (Fsp3) is 1.00. The highest BCUT2D eigenvalue weighted by atomic mass is 19.4. The van der Waals surface area contributed by atoms with E-state index in [-0.39, 0.29) is 19.0 Å². The van der Waals surface area contributed by atoms with E-state index in [1.54, 1.807) is 0 Å². The molecule has 2 N–H and O–H groups in total. The van der Waals surface area contributed by atoms with Crippen molar-refractivity contribution < 1.29 is 13.2 Å². The standard InChI is InChI=1S/C14H25F3N2/c1-10-4-5-13(18)11(7-10)8-19-6-2-3-12(9-19)14(15,16)17/h10-13H,2-9,18H2,1H3. The molecule has 0 radical (unpaired) electrons. The van der Waals surface area contributed by atoms with Crippen LogP contribution < -0.4 is 5.73 Å². The van der Waals surface area contributed by atoms with Crippen LogP contribution in [0.3, 0.4) is 0 Å². The van der Waals surface area contributed by atoms with Crippen molar-refractivity contribution in [3.05, 3.63) is 0 Å². The summed E-state index contributed by atoms with van der Waals surface area (Å²) in [5.41, 5.74) is 6.13. The van der Waals surface area contributed by atoms with E-state index in [1.165, 1.54) is 0 Å². The molecule has 112 valence electrons. The third kappa shape index (κ3) is 4.09. The van der Waals surface area contributed by atoms with Crippen molar-refractivity contribution >= 4 is 0 Å². The molecule has 1 heterocycles. The Kier molecular flexibility index (Phi) is 4.77. The summed E-state index contributed by atoms with van der Waals surface area (Å²) in [7, 11) is 0. The molecule has 4 unspecified atom stereocenters. The molecule has 0 aromatic rings. The lowest BCUT2D eigenvalue weighted by atomic mass is 9.78. The molecule has 0 spiro atoms. The van der Waals surface area contributed by atoms with Gasteiger partial charge in [0, 0.05) is 19.1 Å². The molecule has 5 heteroatoms. The van der Waals surface area contributed by atoms with E-state index < -0.39 is 12.1 Å². The number of likely N-dealkylation sites (tertiary alicyclic amines) is 1. The van der Waals surface area contributed by atoms with E-state index in [0.717, 1.165) is 32.4 Å². The van der Waals surface area contributed by atoms with Crippen molar-refractivity contribution in [3.63, 3.8) is 0 Å². The summed E-state index contributed by atoms with van der Waals surface area (Å²) >= 11 is 0. The zero-order valence-electron chi connectivity index (χ0n) is 11.6. The van der Waals surface area contributed by atoms with Crippen LogP contribution >= 0.6 is 0 Å². The van der Waals surface area contributed by atoms with Crippen LogP contribution in [-0.4, -0.2) is 36.8 Å². The highest BCUT2D eigenvalue weighted by Gasteiger charge is 2.42. The minimum atomic E-state index is -4.04. The van der Waals surface area contributed by atoms with Gasteiger partial charge in [-0.05, 0) is 50.5 Å². The van der Waals surface area contributed by atoms with Crippen molar-refractivity contribution in [1.82, 2.24) is 4.90 Å². The van der Waals surface area contributed by atoms with E-state index in [0.29, 0.717) is 18.3 Å². The molecule has 19 heavy (non-hydrogen) atoms. The van der Waals surface area contributed by atoms with Crippen LogP contribution in [0.2, 0.25) is 0 Å². The van der Waals surface area contributed by atoms with Crippen molar-refractivity contribution in [2.45, 2.75) is 51.2 Å². The normalized spacial score (nSPS) is 38.4. The molecule has 0 aromatic carbocycles. The quantitative estimate of drug-likeness (QED) is 0.841. The maximum Gasteiger partial charge on any atom is 0.393 e. The lowest BCUT2D eigenvalue weighted by Gasteiger charge is -2.39. The molecule has 2 aliphatic rings. The number of alkyl halides is 3. The summed E-state index contributed by atoms with van der Waals surface area (Å²) in [5, 5.41) is 0. The van der Waals surface area contributed by atoms with Gasteiger partial charge in [0.2, 0.25) is 0 Å². The summed E-state index contributed by atoms with van der Waals surface area (Å²) in [5.74, 6) is -0.109. The van der Waals surface area contributed by atoms with Crippen molar-refractivity contribution in [3.8, 4) is 0 Å². The molecule has 0 amide bonds. The lowest BCUT2D eigenvalue weighted by Crippen LogP contribution is -2.47. The predicted octanol–water partition coefficient (Wildman–Crippen LogP) is 3.02. The Balaban J connectivity index is 1.88. The number of halogens is 3. The third-order valence-corrected chi connectivity index (χ3v) is 4.76. The van der Waals surface area contributed by atoms with Crippen LogP contribution in [0.25, 0.3) is 0 Å². The van der Waals surface area contributed by atoms with Gasteiger partial charge in [0.15, 0.2) is 0 Å². The second kappa shape index (κ2) is 6.00. The first-order valence-electron chi connectivity index (χ1n) is 7.41. The number of hydrogen-bond acceptors (Lipinski definition) is 2. The Morgan fingerprint density at radius 2 is 1.95 bits per heavy atom. The van der Waals surface area contributed by atoms with Gasteiger partial charge in [-0.25, -0.2) is 0 Å². The Hall–Kier alpha value is -0.290. The van der Waals surface area contributed by atoms with E-state index >= 15 is 0 Å². The summed E-state index contributed by atoms with van der Waals surface area (Å²) in [6, 6.07) is 0.169. The first-order chi connectivity index (χ1) is 8.86. The maximum atomic E-state index is 12.8. The van der Waals surface area contributed by atoms with Gasteiger partial charge in [0.1, 0.15) is 0 Å². The van der Waals surface area contributed by atoms with Crippen LogP contribution in [0, 0.1) is 17.8 Å². The summed E-state index contributed by atoms with van der Waals surface area (Å²) in [4.78, 5) is 1.99. The van der Waals surface area contributed by atoms with Crippen LogP contribution in [0.4, 0.5) is 13.2 Å². The number of rotatable bonds is 2. The summed E-state index contributed by atoms with van der Waals surface area (Å²) < 4.78 is 38.3. The summed E-state index contributed by atoms with van der Waals surface area (Å²) in [6.07, 6.45) is 0.134. The van der Waals surface area contributed by atoms with Gasteiger partial charge >= 0.3 is 6.18 Å². The lowest BCUT2D eigenvalue weighted by molar-refractivity contribution is -0.187. The zero-order valence-corrected chi connectivity index (χ0v) is 11.6. The Morgan fingerprint density at radius 3 is 2.63 bits per heavy atom. The van der Waals surface area contributed by atoms with Gasteiger partial charge in [0.25, 0.3) is 0 Å². The minimum absolute atomic E-state index is 0.168. The Labute approximate surface area is 113 Å². The van der Waals surface area contributed by atoms with Crippen molar-refractivity contribution in [2.24, 2.45) is 23.5 Å². The van der Waals surface area contributed by atoms with Gasteiger partial charge < -0.3 is 10.6 Å². The van der Waals surface area contributed by atoms with Gasteiger partial charge in [-0.2, -0.15) is 13.2 Å². The highest BCUT2D eigenvalue weighted by Crippen LogP contribution is 2.34. The van der Waals surface area contributed by atoms with Crippen LogP contribution in [0.5, 0.6) is 0 Å². The molecule has 0 bridgehead atoms. The second-order valence-corrected chi connectivity index (χ2v) is 6.48. The molecule has 1 saturated carbocycles. The van der Waals surface area contributed by atoms with Gasteiger partial charge in [-0.3, -0.25) is 0 Å². The Bertz CT molecular complexity index is 293. The maximum absolute atomic E-state index is 12.8. The van der Waals surface area contributed by atoms with Crippen molar-refractivity contribution in [1.29, 1.82) is 0 Å². The SMILES string of the molecule is CC1CCC(N)C(CN2CCCC(C(F)(F)F)C2)C1. The van der Waals surface area contributed by atoms with Crippen LogP contribution in [0.15, 0.2) is 0 Å². The first kappa shape index (κ1) is 15.1. The molecule has 2 rings (SSSR count). The molecule has 0 aromatic heterocycles. The number of nitrogens with two attached hydrogens (primary N) is 1.